The molecule has 2 aliphatic carbocycles. The van der Waals surface area contributed by atoms with E-state index in [1.807, 2.05) is 6.92 Å². The number of nitrogens with zero attached hydrogens (tertiary/aromatic N) is 3. The van der Waals surface area contributed by atoms with E-state index in [0.29, 0.717) is 43.3 Å². The molecule has 1 aromatic carbocycles. The van der Waals surface area contributed by atoms with Crippen molar-refractivity contribution in [3.8, 4) is 5.75 Å². The Labute approximate surface area is 198 Å². The van der Waals surface area contributed by atoms with Crippen molar-refractivity contribution < 1.29 is 19.0 Å². The number of hydrogen-bond acceptors (Lipinski definition) is 7. The van der Waals surface area contributed by atoms with E-state index in [4.69, 9.17) is 9.72 Å². The molecule has 0 radical (unpaired) electrons. The lowest BCUT2D eigenvalue weighted by Gasteiger charge is -2.26. The van der Waals surface area contributed by atoms with Gasteiger partial charge in [-0.15, -0.1) is 0 Å². The van der Waals surface area contributed by atoms with Gasteiger partial charge in [0.1, 0.15) is 11.4 Å². The maximum atomic E-state index is 14.3. The van der Waals surface area contributed by atoms with Crippen LogP contribution >= 0.6 is 0 Å². The highest BCUT2D eigenvalue weighted by atomic mass is 19.1. The van der Waals surface area contributed by atoms with Crippen molar-refractivity contribution in [1.82, 2.24) is 15.3 Å². The lowest BCUT2D eigenvalue weighted by atomic mass is 9.93. The smallest absolute Gasteiger partial charge is 0.256 e. The monoisotopic (exact) mass is 469 g/mol. The summed E-state index contributed by atoms with van der Waals surface area (Å²) >= 11 is 0. The number of aliphatic hydroxyl groups excluding tert-OH is 1. The van der Waals surface area contributed by atoms with Gasteiger partial charge in [-0.2, -0.15) is 4.98 Å². The number of aromatic nitrogens is 2. The molecule has 1 aromatic heterocycles. The Morgan fingerprint density at radius 1 is 1.24 bits per heavy atom. The molecule has 5 rings (SSSR count). The molecular weight excluding hydrogens is 437 g/mol. The van der Waals surface area contributed by atoms with E-state index in [9.17, 15) is 14.3 Å². The largest absolute Gasteiger partial charge is 0.491 e. The molecule has 9 heteroatoms. The SMILES string of the molecule is CCOc1ccc(CNc2nc(N3C[C@@H]4C[C@H]4C3)ncc2C(=O)NC2CCC(O)CC2)cc1F. The van der Waals surface area contributed by atoms with Crippen LogP contribution in [0.1, 0.15) is 54.9 Å². The summed E-state index contributed by atoms with van der Waals surface area (Å²) in [6.45, 7) is 4.41. The highest BCUT2D eigenvalue weighted by molar-refractivity contribution is 5.98. The molecule has 2 saturated carbocycles. The molecule has 2 heterocycles. The first-order valence-corrected chi connectivity index (χ1v) is 12.3. The average Bonchev–Trinajstić information content (AvgIpc) is 3.45. The molecule has 1 saturated heterocycles. The van der Waals surface area contributed by atoms with Gasteiger partial charge in [0.25, 0.3) is 5.91 Å². The minimum absolute atomic E-state index is 0.0225. The lowest BCUT2D eigenvalue weighted by Crippen LogP contribution is -2.39. The van der Waals surface area contributed by atoms with Crippen molar-refractivity contribution in [3.63, 3.8) is 0 Å². The molecule has 0 bridgehead atoms. The van der Waals surface area contributed by atoms with Crippen molar-refractivity contribution in [2.24, 2.45) is 11.8 Å². The number of halogens is 1. The maximum Gasteiger partial charge on any atom is 0.256 e. The third-order valence-electron chi connectivity index (χ3n) is 7.07. The predicted octanol–water partition coefficient (Wildman–Crippen LogP) is 3.12. The van der Waals surface area contributed by atoms with Gasteiger partial charge < -0.3 is 25.4 Å². The summed E-state index contributed by atoms with van der Waals surface area (Å²) < 4.78 is 19.6. The summed E-state index contributed by atoms with van der Waals surface area (Å²) in [7, 11) is 0. The Bertz CT molecular complexity index is 1030. The summed E-state index contributed by atoms with van der Waals surface area (Å²) in [5.74, 6) is 2.09. The second kappa shape index (κ2) is 9.74. The number of carbonyl (C=O) groups is 1. The van der Waals surface area contributed by atoms with Crippen molar-refractivity contribution in [2.75, 3.05) is 29.9 Å². The van der Waals surface area contributed by atoms with Crippen LogP contribution < -0.4 is 20.3 Å². The van der Waals surface area contributed by atoms with E-state index in [-0.39, 0.29) is 23.8 Å². The highest BCUT2D eigenvalue weighted by Gasteiger charge is 2.46. The molecular formula is C25H32FN5O3. The molecule has 2 atom stereocenters. The van der Waals surface area contributed by atoms with Crippen LogP contribution in [0.2, 0.25) is 0 Å². The maximum absolute atomic E-state index is 14.3. The van der Waals surface area contributed by atoms with Gasteiger partial charge in [-0.1, -0.05) is 6.07 Å². The van der Waals surface area contributed by atoms with Crippen LogP contribution in [0.4, 0.5) is 16.2 Å². The zero-order valence-electron chi connectivity index (χ0n) is 19.5. The number of benzene rings is 1. The Morgan fingerprint density at radius 3 is 2.71 bits per heavy atom. The van der Waals surface area contributed by atoms with Gasteiger partial charge >= 0.3 is 0 Å². The van der Waals surface area contributed by atoms with Crippen LogP contribution in [0.25, 0.3) is 0 Å². The fraction of sp³-hybridized carbons (Fsp3) is 0.560. The summed E-state index contributed by atoms with van der Waals surface area (Å²) in [4.78, 5) is 24.5. The third-order valence-corrected chi connectivity index (χ3v) is 7.07. The number of carbonyl (C=O) groups excluding carboxylic acids is 1. The first kappa shape index (κ1) is 22.8. The summed E-state index contributed by atoms with van der Waals surface area (Å²) in [6.07, 6.45) is 5.45. The average molecular weight is 470 g/mol. The van der Waals surface area contributed by atoms with Crippen LogP contribution in [0.5, 0.6) is 5.75 Å². The zero-order valence-corrected chi connectivity index (χ0v) is 19.5. The fourth-order valence-corrected chi connectivity index (χ4v) is 4.98. The molecule has 3 N–H and O–H groups in total. The number of fused-ring (bicyclic) bond motifs is 1. The summed E-state index contributed by atoms with van der Waals surface area (Å²) in [6, 6.07) is 4.86. The van der Waals surface area contributed by atoms with Crippen molar-refractivity contribution >= 4 is 17.7 Å². The number of anilines is 2. The standard InChI is InChI=1S/C25H32FN5O3/c1-2-34-22-8-3-15(9-21(22)26)11-27-23-20(24(33)29-18-4-6-19(32)7-5-18)12-28-25(30-23)31-13-16-10-17(16)14-31/h3,8-9,12,16-19,32H,2,4-7,10-11,13-14H2,1H3,(H,29,33)(H,27,28,30)/t16-,17-,18?,19?/m0/s1. The van der Waals surface area contributed by atoms with Crippen LogP contribution in [0.3, 0.4) is 0 Å². The van der Waals surface area contributed by atoms with Crippen LogP contribution in [-0.2, 0) is 6.54 Å². The Hall–Kier alpha value is -2.94. The Kier molecular flexibility index (Phi) is 6.54. The molecule has 8 nitrogen and oxygen atoms in total. The molecule has 1 aliphatic heterocycles. The van der Waals surface area contributed by atoms with Gasteiger partial charge in [0, 0.05) is 31.9 Å². The number of ether oxygens (including phenoxy) is 1. The van der Waals surface area contributed by atoms with E-state index in [2.05, 4.69) is 20.5 Å². The van der Waals surface area contributed by atoms with Gasteiger partial charge in [0.2, 0.25) is 5.95 Å². The normalized spacial score (nSPS) is 25.6. The van der Waals surface area contributed by atoms with Crippen LogP contribution in [0, 0.1) is 17.7 Å². The van der Waals surface area contributed by atoms with E-state index >= 15 is 0 Å². The number of rotatable bonds is 8. The third kappa shape index (κ3) is 5.09. The number of amides is 1. The highest BCUT2D eigenvalue weighted by Crippen LogP contribution is 2.45. The first-order valence-electron chi connectivity index (χ1n) is 12.3. The van der Waals surface area contributed by atoms with Gasteiger partial charge in [0.15, 0.2) is 11.6 Å². The van der Waals surface area contributed by atoms with Crippen molar-refractivity contribution in [3.05, 3.63) is 41.3 Å². The second-order valence-electron chi connectivity index (χ2n) is 9.62. The number of piperidine rings is 1. The Balaban J connectivity index is 1.33. The van der Waals surface area contributed by atoms with Gasteiger partial charge in [0.05, 0.1) is 12.7 Å². The molecule has 3 fully saturated rings. The number of aliphatic hydroxyl groups is 1. The zero-order chi connectivity index (χ0) is 23.7. The lowest BCUT2D eigenvalue weighted by molar-refractivity contribution is 0.0867. The van der Waals surface area contributed by atoms with Gasteiger partial charge in [-0.3, -0.25) is 4.79 Å². The van der Waals surface area contributed by atoms with Crippen LogP contribution in [-0.4, -0.2) is 52.8 Å². The van der Waals surface area contributed by atoms with E-state index in [0.717, 1.165) is 43.3 Å². The van der Waals surface area contributed by atoms with E-state index in [1.54, 1.807) is 18.3 Å². The molecule has 34 heavy (non-hydrogen) atoms. The second-order valence-corrected chi connectivity index (χ2v) is 9.62. The summed E-state index contributed by atoms with van der Waals surface area (Å²) in [5.41, 5.74) is 1.08. The molecule has 0 unspecified atom stereocenters. The quantitative estimate of drug-likeness (QED) is 0.546. The minimum atomic E-state index is -0.418. The predicted molar refractivity (Wildman–Crippen MR) is 126 cm³/mol. The number of nitrogens with one attached hydrogen (secondary N) is 2. The molecule has 3 aliphatic rings. The first-order chi connectivity index (χ1) is 16.5. The molecule has 2 aromatic rings. The number of hydrogen-bond donors (Lipinski definition) is 3. The van der Waals surface area contributed by atoms with Gasteiger partial charge in [-0.05, 0) is 68.6 Å². The molecule has 182 valence electrons. The topological polar surface area (TPSA) is 99.6 Å². The fourth-order valence-electron chi connectivity index (χ4n) is 4.98. The van der Waals surface area contributed by atoms with Gasteiger partial charge in [-0.25, -0.2) is 9.37 Å². The van der Waals surface area contributed by atoms with Crippen molar-refractivity contribution in [2.45, 2.75) is 57.7 Å². The van der Waals surface area contributed by atoms with Crippen LogP contribution in [0.15, 0.2) is 24.4 Å². The molecule has 0 spiro atoms. The summed E-state index contributed by atoms with van der Waals surface area (Å²) in [5, 5.41) is 16.0. The Morgan fingerprint density at radius 2 is 2.00 bits per heavy atom. The van der Waals surface area contributed by atoms with E-state index < -0.39 is 5.82 Å². The van der Waals surface area contributed by atoms with E-state index in [1.165, 1.54) is 12.5 Å². The molecule has 1 amide bonds. The minimum Gasteiger partial charge on any atom is -0.491 e. The van der Waals surface area contributed by atoms with Crippen molar-refractivity contribution in [1.29, 1.82) is 0 Å².